The molecule has 0 atom stereocenters. The first-order valence-electron chi connectivity index (χ1n) is 10.1. The third kappa shape index (κ3) is 4.79. The van der Waals surface area contributed by atoms with Crippen molar-refractivity contribution in [1.82, 2.24) is 10.6 Å². The number of hydrogen-bond acceptors (Lipinski definition) is 2. The Kier molecular flexibility index (Phi) is 5.45. The van der Waals surface area contributed by atoms with Gasteiger partial charge in [0.25, 0.3) is 5.91 Å². The Hall–Kier alpha value is -2.64. The van der Waals surface area contributed by atoms with E-state index < -0.39 is 0 Å². The molecular weight excluding hydrogens is 351 g/mol. The molecule has 0 aromatic heterocycles. The molecule has 0 radical (unpaired) electrons. The van der Waals surface area contributed by atoms with Crippen LogP contribution in [0.5, 0.6) is 0 Å². The summed E-state index contributed by atoms with van der Waals surface area (Å²) in [5, 5.41) is 6.89. The molecule has 144 valence electrons. The molecule has 2 aliphatic rings. The molecule has 0 saturated heterocycles. The summed E-state index contributed by atoms with van der Waals surface area (Å²) in [4.78, 5) is 12.6. The third-order valence-electron chi connectivity index (χ3n) is 5.58. The molecule has 2 aromatic carbocycles. The lowest BCUT2D eigenvalue weighted by atomic mass is 9.97. The number of carbonyl (C=O) groups is 1. The van der Waals surface area contributed by atoms with Crippen molar-refractivity contribution in [2.24, 2.45) is 0 Å². The molecule has 2 aliphatic carbocycles. The first-order chi connectivity index (χ1) is 13.6. The van der Waals surface area contributed by atoms with Crippen LogP contribution in [0.2, 0.25) is 0 Å². The van der Waals surface area contributed by atoms with Gasteiger partial charge in [0, 0.05) is 34.8 Å². The maximum Gasteiger partial charge on any atom is 0.251 e. The van der Waals surface area contributed by atoms with Crippen LogP contribution in [0.4, 0.5) is 4.39 Å². The summed E-state index contributed by atoms with van der Waals surface area (Å²) in [5.74, 6) is 5.74. The number of halogens is 1. The van der Waals surface area contributed by atoms with Crippen molar-refractivity contribution in [3.8, 4) is 11.8 Å². The highest BCUT2D eigenvalue weighted by atomic mass is 19.1. The second-order valence-corrected chi connectivity index (χ2v) is 7.92. The number of nitrogens with one attached hydrogen (secondary N) is 2. The molecule has 4 rings (SSSR count). The van der Waals surface area contributed by atoms with Crippen molar-refractivity contribution in [1.29, 1.82) is 0 Å². The lowest BCUT2D eigenvalue weighted by Gasteiger charge is -2.31. The van der Waals surface area contributed by atoms with Gasteiger partial charge in [-0.3, -0.25) is 4.79 Å². The fourth-order valence-electron chi connectivity index (χ4n) is 3.82. The zero-order valence-corrected chi connectivity index (χ0v) is 15.9. The third-order valence-corrected chi connectivity index (χ3v) is 5.58. The van der Waals surface area contributed by atoms with Crippen LogP contribution >= 0.6 is 0 Å². The van der Waals surface area contributed by atoms with Crippen molar-refractivity contribution < 1.29 is 9.18 Å². The summed E-state index contributed by atoms with van der Waals surface area (Å²) >= 11 is 0. The van der Waals surface area contributed by atoms with Gasteiger partial charge in [0.1, 0.15) is 5.82 Å². The molecule has 0 unspecified atom stereocenters. The standard InChI is InChI=1S/C24H25FN2O/c25-21-11-7-19(8-12-21)4-3-18-5-9-20(10-6-18)23(28)26-17-24(15-1-2-16-24)27-22-13-14-22/h5-12,22,27H,1-2,13-17H2,(H,26,28). The molecule has 1 amide bonds. The van der Waals surface area contributed by atoms with Gasteiger partial charge in [0.15, 0.2) is 0 Å². The fourth-order valence-corrected chi connectivity index (χ4v) is 3.82. The van der Waals surface area contributed by atoms with E-state index in [9.17, 15) is 9.18 Å². The average Bonchev–Trinajstić information content (AvgIpc) is 3.41. The van der Waals surface area contributed by atoms with E-state index in [1.807, 2.05) is 12.1 Å². The quantitative estimate of drug-likeness (QED) is 0.774. The van der Waals surface area contributed by atoms with Gasteiger partial charge >= 0.3 is 0 Å². The molecule has 0 spiro atoms. The minimum Gasteiger partial charge on any atom is -0.350 e. The summed E-state index contributed by atoms with van der Waals surface area (Å²) in [6.45, 7) is 0.689. The van der Waals surface area contributed by atoms with E-state index in [1.54, 1.807) is 24.3 Å². The Bertz CT molecular complexity index is 883. The lowest BCUT2D eigenvalue weighted by Crippen LogP contribution is -2.52. The van der Waals surface area contributed by atoms with Crippen LogP contribution in [0.15, 0.2) is 48.5 Å². The molecule has 2 aromatic rings. The van der Waals surface area contributed by atoms with Crippen molar-refractivity contribution in [2.45, 2.75) is 50.1 Å². The highest BCUT2D eigenvalue weighted by Gasteiger charge is 2.38. The van der Waals surface area contributed by atoms with E-state index in [0.29, 0.717) is 18.2 Å². The van der Waals surface area contributed by atoms with E-state index >= 15 is 0 Å². The van der Waals surface area contributed by atoms with Crippen LogP contribution in [-0.4, -0.2) is 24.0 Å². The SMILES string of the molecule is O=C(NCC1(NC2CC2)CCCC1)c1ccc(C#Cc2ccc(F)cc2)cc1. The summed E-state index contributed by atoms with van der Waals surface area (Å²) in [5.41, 5.74) is 2.31. The number of amides is 1. The van der Waals surface area contributed by atoms with Gasteiger partial charge in [-0.25, -0.2) is 4.39 Å². The van der Waals surface area contributed by atoms with E-state index in [4.69, 9.17) is 0 Å². The van der Waals surface area contributed by atoms with Crippen LogP contribution in [0.1, 0.15) is 60.0 Å². The van der Waals surface area contributed by atoms with Crippen LogP contribution in [-0.2, 0) is 0 Å². The van der Waals surface area contributed by atoms with Gasteiger partial charge in [-0.15, -0.1) is 0 Å². The Morgan fingerprint density at radius 2 is 1.54 bits per heavy atom. The molecule has 4 heteroatoms. The largest absolute Gasteiger partial charge is 0.350 e. The summed E-state index contributed by atoms with van der Waals surface area (Å²) in [7, 11) is 0. The van der Waals surface area contributed by atoms with E-state index in [2.05, 4.69) is 22.5 Å². The van der Waals surface area contributed by atoms with Crippen molar-refractivity contribution in [2.75, 3.05) is 6.54 Å². The van der Waals surface area contributed by atoms with Crippen molar-refractivity contribution >= 4 is 5.91 Å². The molecule has 2 fully saturated rings. The molecule has 0 aliphatic heterocycles. The van der Waals surface area contributed by atoms with Crippen LogP contribution in [0.3, 0.4) is 0 Å². The number of hydrogen-bond donors (Lipinski definition) is 2. The highest BCUT2D eigenvalue weighted by Crippen LogP contribution is 2.33. The first-order valence-corrected chi connectivity index (χ1v) is 10.1. The number of rotatable bonds is 5. The van der Waals surface area contributed by atoms with E-state index in [1.165, 1.54) is 37.8 Å². The Labute approximate surface area is 165 Å². The second kappa shape index (κ2) is 8.16. The normalized spacial score (nSPS) is 17.6. The van der Waals surface area contributed by atoms with E-state index in [-0.39, 0.29) is 17.3 Å². The minimum atomic E-state index is -0.271. The molecule has 28 heavy (non-hydrogen) atoms. The summed E-state index contributed by atoms with van der Waals surface area (Å²) in [6, 6.07) is 14.0. The zero-order chi connectivity index (χ0) is 19.4. The smallest absolute Gasteiger partial charge is 0.251 e. The predicted octanol–water partition coefficient (Wildman–Crippen LogP) is 4.02. The Balaban J connectivity index is 1.35. The summed E-state index contributed by atoms with van der Waals surface area (Å²) in [6.07, 6.45) is 7.27. The Morgan fingerprint density at radius 1 is 0.964 bits per heavy atom. The zero-order valence-electron chi connectivity index (χ0n) is 15.9. The van der Waals surface area contributed by atoms with Gasteiger partial charge in [0.05, 0.1) is 0 Å². The van der Waals surface area contributed by atoms with Crippen molar-refractivity contribution in [3.05, 3.63) is 71.0 Å². The molecule has 2 N–H and O–H groups in total. The second-order valence-electron chi connectivity index (χ2n) is 7.92. The molecule has 0 bridgehead atoms. The maximum atomic E-state index is 12.9. The van der Waals surface area contributed by atoms with Gasteiger partial charge in [-0.05, 0) is 74.2 Å². The predicted molar refractivity (Wildman–Crippen MR) is 109 cm³/mol. The average molecular weight is 376 g/mol. The fraction of sp³-hybridized carbons (Fsp3) is 0.375. The topological polar surface area (TPSA) is 41.1 Å². The van der Waals surface area contributed by atoms with Crippen molar-refractivity contribution in [3.63, 3.8) is 0 Å². The molecular formula is C24H25FN2O. The van der Waals surface area contributed by atoms with Crippen LogP contribution in [0.25, 0.3) is 0 Å². The van der Waals surface area contributed by atoms with Crippen LogP contribution in [0, 0.1) is 17.7 Å². The molecule has 0 heterocycles. The number of benzene rings is 2. The summed E-state index contributed by atoms with van der Waals surface area (Å²) < 4.78 is 12.9. The first kappa shape index (κ1) is 18.7. The maximum absolute atomic E-state index is 12.9. The van der Waals surface area contributed by atoms with Gasteiger partial charge in [0.2, 0.25) is 0 Å². The van der Waals surface area contributed by atoms with E-state index in [0.717, 1.165) is 24.0 Å². The van der Waals surface area contributed by atoms with Crippen LogP contribution < -0.4 is 10.6 Å². The lowest BCUT2D eigenvalue weighted by molar-refractivity contribution is 0.0938. The van der Waals surface area contributed by atoms with Gasteiger partial charge < -0.3 is 10.6 Å². The monoisotopic (exact) mass is 376 g/mol. The Morgan fingerprint density at radius 3 is 2.11 bits per heavy atom. The molecule has 2 saturated carbocycles. The minimum absolute atomic E-state index is 0.0399. The van der Waals surface area contributed by atoms with Gasteiger partial charge in [-0.1, -0.05) is 24.7 Å². The molecule has 3 nitrogen and oxygen atoms in total. The number of carbonyl (C=O) groups excluding carboxylic acids is 1. The highest BCUT2D eigenvalue weighted by molar-refractivity contribution is 5.94. The van der Waals surface area contributed by atoms with Gasteiger partial charge in [-0.2, -0.15) is 0 Å².